The van der Waals surface area contributed by atoms with Crippen molar-refractivity contribution in [2.24, 2.45) is 10.7 Å². The number of benzene rings is 3. The highest BCUT2D eigenvalue weighted by Crippen LogP contribution is 2.23. The summed E-state index contributed by atoms with van der Waals surface area (Å²) in [6.07, 6.45) is 1.66. The molecule has 5 N–H and O–H groups in total. The zero-order valence-electron chi connectivity index (χ0n) is 20.4. The highest BCUT2D eigenvalue weighted by Gasteiger charge is 2.12. The number of rotatable bonds is 10. The van der Waals surface area contributed by atoms with Gasteiger partial charge in [-0.3, -0.25) is 9.79 Å². The van der Waals surface area contributed by atoms with Crippen molar-refractivity contribution in [3.63, 3.8) is 0 Å². The third-order valence-corrected chi connectivity index (χ3v) is 5.93. The predicted molar refractivity (Wildman–Crippen MR) is 146 cm³/mol. The molecule has 4 aromatic rings. The summed E-state index contributed by atoms with van der Waals surface area (Å²) in [5.41, 5.74) is 13.5. The monoisotopic (exact) mass is 477 g/mol. The number of nitrogens with zero attached hydrogens (tertiary/aromatic N) is 1. The van der Waals surface area contributed by atoms with Gasteiger partial charge in [-0.05, 0) is 53.6 Å². The molecular formula is C30H31N5O. The first-order chi connectivity index (χ1) is 17.5. The van der Waals surface area contributed by atoms with E-state index < -0.39 is 5.91 Å². The Hall–Kier alpha value is -4.42. The van der Waals surface area contributed by atoms with Crippen LogP contribution in [0.1, 0.15) is 38.3 Å². The van der Waals surface area contributed by atoms with Crippen molar-refractivity contribution >= 4 is 11.7 Å². The molecule has 36 heavy (non-hydrogen) atoms. The van der Waals surface area contributed by atoms with Gasteiger partial charge >= 0.3 is 0 Å². The van der Waals surface area contributed by atoms with Gasteiger partial charge < -0.3 is 21.4 Å². The molecule has 0 saturated carbocycles. The van der Waals surface area contributed by atoms with E-state index in [9.17, 15) is 4.79 Å². The number of hydrogen-bond acceptors (Lipinski definition) is 3. The molecule has 0 saturated heterocycles. The fourth-order valence-electron chi connectivity index (χ4n) is 3.96. The first-order valence-corrected chi connectivity index (χ1v) is 11.9. The van der Waals surface area contributed by atoms with E-state index in [-0.39, 0.29) is 0 Å². The van der Waals surface area contributed by atoms with Crippen LogP contribution in [0.15, 0.2) is 103 Å². The summed E-state index contributed by atoms with van der Waals surface area (Å²) in [6, 6.07) is 28.1. The van der Waals surface area contributed by atoms with Crippen LogP contribution in [0.4, 0.5) is 0 Å². The smallest absolute Gasteiger partial charge is 0.248 e. The predicted octanol–water partition coefficient (Wildman–Crippen LogP) is 5.06. The average Bonchev–Trinajstić information content (AvgIpc) is 3.29. The van der Waals surface area contributed by atoms with Gasteiger partial charge in [-0.25, -0.2) is 0 Å². The number of aromatic amines is 1. The molecule has 4 rings (SSSR count). The molecule has 0 atom stereocenters. The molecule has 0 spiro atoms. The Morgan fingerprint density at radius 1 is 0.944 bits per heavy atom. The second-order valence-corrected chi connectivity index (χ2v) is 8.58. The molecule has 182 valence electrons. The van der Waals surface area contributed by atoms with Crippen LogP contribution in [0.5, 0.6) is 0 Å². The van der Waals surface area contributed by atoms with E-state index in [2.05, 4.69) is 71.6 Å². The van der Waals surface area contributed by atoms with Gasteiger partial charge in [0.1, 0.15) is 5.84 Å². The number of aryl methyl sites for hydroxylation is 1. The van der Waals surface area contributed by atoms with Crippen LogP contribution in [0.2, 0.25) is 0 Å². The highest BCUT2D eigenvalue weighted by atomic mass is 16.1. The van der Waals surface area contributed by atoms with Gasteiger partial charge in [0, 0.05) is 35.6 Å². The lowest BCUT2D eigenvalue weighted by atomic mass is 10.1. The van der Waals surface area contributed by atoms with Crippen molar-refractivity contribution in [2.45, 2.75) is 26.6 Å². The minimum absolute atomic E-state index is 0.411. The minimum atomic E-state index is -0.411. The van der Waals surface area contributed by atoms with E-state index in [4.69, 9.17) is 10.7 Å². The van der Waals surface area contributed by atoms with Gasteiger partial charge in [0.2, 0.25) is 5.91 Å². The molecule has 0 aliphatic rings. The van der Waals surface area contributed by atoms with Crippen molar-refractivity contribution in [1.82, 2.24) is 15.6 Å². The van der Waals surface area contributed by atoms with E-state index in [1.165, 1.54) is 5.56 Å². The lowest BCUT2D eigenvalue weighted by Gasteiger charge is -2.07. The first kappa shape index (κ1) is 24.7. The molecule has 0 aliphatic carbocycles. The molecule has 0 unspecified atom stereocenters. The molecule has 1 heterocycles. The number of hydrogen-bond donors (Lipinski definition) is 4. The second-order valence-electron chi connectivity index (χ2n) is 8.58. The number of carbonyl (C=O) groups is 1. The molecule has 6 nitrogen and oxygen atoms in total. The van der Waals surface area contributed by atoms with Gasteiger partial charge in [0.05, 0.1) is 6.54 Å². The lowest BCUT2D eigenvalue weighted by Crippen LogP contribution is -2.19. The van der Waals surface area contributed by atoms with E-state index in [1.807, 2.05) is 30.3 Å². The number of aromatic nitrogens is 1. The second kappa shape index (κ2) is 11.8. The third-order valence-electron chi connectivity index (χ3n) is 5.93. The summed E-state index contributed by atoms with van der Waals surface area (Å²) < 4.78 is 0. The Morgan fingerprint density at radius 2 is 1.58 bits per heavy atom. The van der Waals surface area contributed by atoms with Gasteiger partial charge in [-0.1, -0.05) is 73.3 Å². The first-order valence-electron chi connectivity index (χ1n) is 11.9. The van der Waals surface area contributed by atoms with Crippen LogP contribution in [-0.4, -0.2) is 16.7 Å². The number of nitrogens with two attached hydrogens (primary N) is 1. The Morgan fingerprint density at radius 3 is 2.19 bits per heavy atom. The third kappa shape index (κ3) is 6.37. The van der Waals surface area contributed by atoms with E-state index >= 15 is 0 Å². The van der Waals surface area contributed by atoms with Crippen LogP contribution in [0, 0.1) is 6.92 Å². The Labute approximate surface area is 212 Å². The minimum Gasteiger partial charge on any atom is -0.366 e. The van der Waals surface area contributed by atoms with Crippen molar-refractivity contribution in [2.75, 3.05) is 0 Å². The Bertz CT molecular complexity index is 1340. The van der Waals surface area contributed by atoms with E-state index in [1.54, 1.807) is 18.3 Å². The average molecular weight is 478 g/mol. The summed E-state index contributed by atoms with van der Waals surface area (Å²) in [4.78, 5) is 19.5. The molecule has 0 fully saturated rings. The quantitative estimate of drug-likeness (QED) is 0.190. The van der Waals surface area contributed by atoms with Crippen molar-refractivity contribution in [3.05, 3.63) is 131 Å². The van der Waals surface area contributed by atoms with E-state index in [0.717, 1.165) is 46.0 Å². The van der Waals surface area contributed by atoms with Gasteiger partial charge in [0.15, 0.2) is 0 Å². The number of H-pyrrole nitrogens is 1. The van der Waals surface area contributed by atoms with Gasteiger partial charge in [-0.15, -0.1) is 0 Å². The molecule has 3 aromatic carbocycles. The number of nitrogens with one attached hydrogen (secondary N) is 3. The van der Waals surface area contributed by atoms with E-state index in [0.29, 0.717) is 18.7 Å². The molecule has 1 aromatic heterocycles. The number of amidine groups is 1. The maximum Gasteiger partial charge on any atom is 0.248 e. The normalized spacial score (nSPS) is 11.3. The van der Waals surface area contributed by atoms with Crippen molar-refractivity contribution < 1.29 is 4.79 Å². The molecule has 0 bridgehead atoms. The van der Waals surface area contributed by atoms with Gasteiger partial charge in [-0.2, -0.15) is 0 Å². The number of amides is 1. The zero-order valence-corrected chi connectivity index (χ0v) is 20.4. The summed E-state index contributed by atoms with van der Waals surface area (Å²) in [5.74, 6) is 0.380. The molecule has 0 radical (unpaired) electrons. The topological polar surface area (TPSA) is 95.3 Å². The SMILES string of the molecule is C=CNC(=NCc1ccccc1)c1cc(-c2ccc(CNCc3ccc(C(N)=O)cc3)cc2)[nH]c1C. The van der Waals surface area contributed by atoms with Crippen LogP contribution in [0.25, 0.3) is 11.3 Å². The molecule has 0 aliphatic heterocycles. The Kier molecular flexibility index (Phi) is 8.11. The maximum atomic E-state index is 11.2. The molecule has 1 amide bonds. The molecule has 6 heteroatoms. The van der Waals surface area contributed by atoms with Gasteiger partial charge in [0.25, 0.3) is 0 Å². The fraction of sp³-hybridized carbons (Fsp3) is 0.133. The number of carbonyl (C=O) groups excluding carboxylic acids is 1. The fourth-order valence-corrected chi connectivity index (χ4v) is 3.96. The van der Waals surface area contributed by atoms with Crippen LogP contribution < -0.4 is 16.4 Å². The van der Waals surface area contributed by atoms with Crippen molar-refractivity contribution in [3.8, 4) is 11.3 Å². The van der Waals surface area contributed by atoms with Crippen LogP contribution in [0.3, 0.4) is 0 Å². The van der Waals surface area contributed by atoms with Crippen LogP contribution in [-0.2, 0) is 19.6 Å². The summed E-state index contributed by atoms with van der Waals surface area (Å²) in [7, 11) is 0. The van der Waals surface area contributed by atoms with Crippen molar-refractivity contribution in [1.29, 1.82) is 0 Å². The maximum absolute atomic E-state index is 11.2. The lowest BCUT2D eigenvalue weighted by molar-refractivity contribution is 0.100. The highest BCUT2D eigenvalue weighted by molar-refractivity contribution is 6.01. The zero-order chi connectivity index (χ0) is 25.3. The molecular weight excluding hydrogens is 446 g/mol. The summed E-state index contributed by atoms with van der Waals surface area (Å²) in [5, 5.41) is 6.63. The Balaban J connectivity index is 1.40. The standard InChI is InChI=1S/C30H31N5O/c1-3-33-30(34-20-22-7-5-4-6-8-22)27-17-28(35-21(27)2)25-13-9-23(10-14-25)18-32-19-24-11-15-26(16-12-24)29(31)36/h3-17,32,35H,1,18-20H2,2H3,(H2,31,36)(H,33,34). The summed E-state index contributed by atoms with van der Waals surface area (Å²) in [6.45, 7) is 7.91. The number of primary amides is 1. The summed E-state index contributed by atoms with van der Waals surface area (Å²) >= 11 is 0. The van der Waals surface area contributed by atoms with Crippen LogP contribution >= 0.6 is 0 Å². The number of aliphatic imine (C=N–C) groups is 1. The largest absolute Gasteiger partial charge is 0.366 e.